The number of hydrogen-bond acceptors (Lipinski definition) is 6. The molecular formula is C15H18N4O2S. The molecule has 2 aromatic rings. The zero-order valence-electron chi connectivity index (χ0n) is 12.1. The van der Waals surface area contributed by atoms with Crippen molar-refractivity contribution in [1.29, 1.82) is 0 Å². The van der Waals surface area contributed by atoms with Crippen LogP contribution in [0.4, 0.5) is 5.69 Å². The summed E-state index contributed by atoms with van der Waals surface area (Å²) < 4.78 is 0. The lowest BCUT2D eigenvalue weighted by Crippen LogP contribution is -2.28. The molecule has 1 fully saturated rings. The van der Waals surface area contributed by atoms with Gasteiger partial charge < -0.3 is 10.4 Å². The number of aliphatic hydroxyl groups is 1. The Kier molecular flexibility index (Phi) is 4.77. The molecule has 6 nitrogen and oxygen atoms in total. The molecule has 1 heterocycles. The number of hydrogen-bond donors (Lipinski definition) is 2. The molecule has 1 amide bonds. The van der Waals surface area contributed by atoms with Gasteiger partial charge in [-0.25, -0.2) is 0 Å². The fourth-order valence-electron chi connectivity index (χ4n) is 2.25. The molecule has 22 heavy (non-hydrogen) atoms. The van der Waals surface area contributed by atoms with Gasteiger partial charge in [-0.15, -0.1) is 10.2 Å². The minimum absolute atomic E-state index is 0.136. The molecule has 1 aromatic carbocycles. The summed E-state index contributed by atoms with van der Waals surface area (Å²) in [6, 6.07) is 9.82. The summed E-state index contributed by atoms with van der Waals surface area (Å²) in [7, 11) is 0. The Hall–Kier alpha value is -1.83. The van der Waals surface area contributed by atoms with E-state index in [1.807, 2.05) is 30.3 Å². The summed E-state index contributed by atoms with van der Waals surface area (Å²) in [5, 5.41) is 21.1. The molecular weight excluding hydrogens is 300 g/mol. The third kappa shape index (κ3) is 3.88. The van der Waals surface area contributed by atoms with Crippen molar-refractivity contribution >= 4 is 22.9 Å². The van der Waals surface area contributed by atoms with E-state index in [0.29, 0.717) is 24.1 Å². The van der Waals surface area contributed by atoms with E-state index in [1.54, 1.807) is 0 Å². The Morgan fingerprint density at radius 1 is 1.32 bits per heavy atom. The van der Waals surface area contributed by atoms with Crippen molar-refractivity contribution in [3.8, 4) is 0 Å². The highest BCUT2D eigenvalue weighted by atomic mass is 32.1. The number of rotatable bonds is 7. The monoisotopic (exact) mass is 318 g/mol. The molecule has 7 heteroatoms. The van der Waals surface area contributed by atoms with Crippen molar-refractivity contribution in [3.05, 3.63) is 40.3 Å². The van der Waals surface area contributed by atoms with Crippen molar-refractivity contribution in [1.82, 2.24) is 15.1 Å². The van der Waals surface area contributed by atoms with E-state index in [0.717, 1.165) is 10.7 Å². The number of anilines is 1. The predicted octanol–water partition coefficient (Wildman–Crippen LogP) is 1.75. The fourth-order valence-corrected chi connectivity index (χ4v) is 3.01. The van der Waals surface area contributed by atoms with Crippen molar-refractivity contribution in [2.24, 2.45) is 0 Å². The van der Waals surface area contributed by atoms with Crippen LogP contribution in [0.25, 0.3) is 0 Å². The molecule has 0 saturated heterocycles. The molecule has 0 unspecified atom stereocenters. The first-order valence-electron chi connectivity index (χ1n) is 7.30. The number of aliphatic hydroxyl groups excluding tert-OH is 1. The largest absolute Gasteiger partial charge is 0.395 e. The van der Waals surface area contributed by atoms with Crippen LogP contribution in [0.1, 0.15) is 27.7 Å². The summed E-state index contributed by atoms with van der Waals surface area (Å²) in [6.07, 6.45) is 2.33. The van der Waals surface area contributed by atoms with E-state index >= 15 is 0 Å². The van der Waals surface area contributed by atoms with Crippen molar-refractivity contribution in [3.63, 3.8) is 0 Å². The normalized spacial score (nSPS) is 14.3. The van der Waals surface area contributed by atoms with Crippen LogP contribution >= 0.6 is 11.3 Å². The van der Waals surface area contributed by atoms with E-state index in [2.05, 4.69) is 20.4 Å². The molecule has 116 valence electrons. The van der Waals surface area contributed by atoms with Gasteiger partial charge in [0.15, 0.2) is 0 Å². The van der Waals surface area contributed by atoms with Crippen LogP contribution in [0.3, 0.4) is 0 Å². The van der Waals surface area contributed by atoms with Crippen molar-refractivity contribution < 1.29 is 9.90 Å². The molecule has 0 atom stereocenters. The van der Waals surface area contributed by atoms with Gasteiger partial charge in [0.05, 0.1) is 13.2 Å². The molecule has 1 aliphatic carbocycles. The summed E-state index contributed by atoms with van der Waals surface area (Å²) in [6.45, 7) is 1.41. The second-order valence-corrected chi connectivity index (χ2v) is 6.31. The fraction of sp³-hybridized carbons (Fsp3) is 0.400. The first-order chi connectivity index (χ1) is 10.8. The van der Waals surface area contributed by atoms with Gasteiger partial charge in [-0.05, 0) is 25.0 Å². The van der Waals surface area contributed by atoms with Crippen molar-refractivity contribution in [2.75, 3.05) is 18.5 Å². The van der Waals surface area contributed by atoms with Crippen LogP contribution in [-0.2, 0) is 6.54 Å². The number of aromatic nitrogens is 2. The minimum Gasteiger partial charge on any atom is -0.395 e. The maximum atomic E-state index is 12.1. The summed E-state index contributed by atoms with van der Waals surface area (Å²) >= 11 is 1.30. The summed E-state index contributed by atoms with van der Waals surface area (Å²) in [4.78, 5) is 14.3. The van der Waals surface area contributed by atoms with E-state index in [1.165, 1.54) is 24.2 Å². The number of nitrogens with one attached hydrogen (secondary N) is 1. The number of benzene rings is 1. The van der Waals surface area contributed by atoms with Gasteiger partial charge in [-0.3, -0.25) is 9.69 Å². The van der Waals surface area contributed by atoms with E-state index < -0.39 is 0 Å². The number of para-hydroxylation sites is 1. The van der Waals surface area contributed by atoms with Crippen LogP contribution in [0.2, 0.25) is 0 Å². The van der Waals surface area contributed by atoms with Gasteiger partial charge in [0.1, 0.15) is 5.01 Å². The number of carbonyl (C=O) groups is 1. The summed E-state index contributed by atoms with van der Waals surface area (Å²) in [5.41, 5.74) is 0.740. The van der Waals surface area contributed by atoms with Crippen LogP contribution in [0.15, 0.2) is 30.3 Å². The number of nitrogens with zero attached hydrogens (tertiary/aromatic N) is 3. The van der Waals surface area contributed by atoms with Crippen LogP contribution in [0, 0.1) is 0 Å². The quantitative estimate of drug-likeness (QED) is 0.813. The zero-order valence-corrected chi connectivity index (χ0v) is 12.9. The topological polar surface area (TPSA) is 78.4 Å². The van der Waals surface area contributed by atoms with Gasteiger partial charge in [0.2, 0.25) is 5.01 Å². The van der Waals surface area contributed by atoms with Crippen molar-refractivity contribution in [2.45, 2.75) is 25.4 Å². The zero-order chi connectivity index (χ0) is 15.4. The van der Waals surface area contributed by atoms with Crippen LogP contribution < -0.4 is 5.32 Å². The lowest BCUT2D eigenvalue weighted by atomic mass is 10.3. The predicted molar refractivity (Wildman–Crippen MR) is 84.8 cm³/mol. The maximum absolute atomic E-state index is 12.1. The first-order valence-corrected chi connectivity index (χ1v) is 8.11. The van der Waals surface area contributed by atoms with E-state index in [4.69, 9.17) is 5.11 Å². The SMILES string of the molecule is O=C(Nc1ccccc1)c1nnc(CN(CCO)C2CC2)s1. The van der Waals surface area contributed by atoms with E-state index in [-0.39, 0.29) is 12.5 Å². The molecule has 2 N–H and O–H groups in total. The van der Waals surface area contributed by atoms with E-state index in [9.17, 15) is 4.79 Å². The molecule has 0 spiro atoms. The minimum atomic E-state index is -0.241. The molecule has 0 bridgehead atoms. The molecule has 3 rings (SSSR count). The maximum Gasteiger partial charge on any atom is 0.286 e. The molecule has 1 aliphatic rings. The second kappa shape index (κ2) is 6.95. The molecule has 0 radical (unpaired) electrons. The van der Waals surface area contributed by atoms with Gasteiger partial charge in [0.25, 0.3) is 5.91 Å². The lowest BCUT2D eigenvalue weighted by Gasteiger charge is -2.18. The van der Waals surface area contributed by atoms with Crippen LogP contribution in [-0.4, -0.2) is 45.3 Å². The highest BCUT2D eigenvalue weighted by Gasteiger charge is 2.29. The Morgan fingerprint density at radius 2 is 2.09 bits per heavy atom. The number of carbonyl (C=O) groups excluding carboxylic acids is 1. The third-order valence-corrected chi connectivity index (χ3v) is 4.39. The smallest absolute Gasteiger partial charge is 0.286 e. The van der Waals surface area contributed by atoms with Gasteiger partial charge >= 0.3 is 0 Å². The Labute approximate surface area is 132 Å². The number of amides is 1. The highest BCUT2D eigenvalue weighted by molar-refractivity contribution is 7.13. The van der Waals surface area contributed by atoms with Crippen LogP contribution in [0.5, 0.6) is 0 Å². The highest BCUT2D eigenvalue weighted by Crippen LogP contribution is 2.28. The van der Waals surface area contributed by atoms with Gasteiger partial charge in [-0.1, -0.05) is 29.5 Å². The Morgan fingerprint density at radius 3 is 2.77 bits per heavy atom. The average Bonchev–Trinajstić information content (AvgIpc) is 3.27. The van der Waals surface area contributed by atoms with Gasteiger partial charge in [0, 0.05) is 18.3 Å². The average molecular weight is 318 g/mol. The van der Waals surface area contributed by atoms with Gasteiger partial charge in [-0.2, -0.15) is 0 Å². The summed E-state index contributed by atoms with van der Waals surface area (Å²) in [5.74, 6) is -0.241. The Balaban J connectivity index is 1.61. The third-order valence-electron chi connectivity index (χ3n) is 3.48. The standard InChI is InChI=1S/C15H18N4O2S/c20-9-8-19(12-6-7-12)10-13-17-18-15(22-13)14(21)16-11-4-2-1-3-5-11/h1-5,12,20H,6-10H2,(H,16,21). The molecule has 1 aromatic heterocycles. The molecule has 0 aliphatic heterocycles. The lowest BCUT2D eigenvalue weighted by molar-refractivity contribution is 0.102. The second-order valence-electron chi connectivity index (χ2n) is 5.25. The Bertz CT molecular complexity index is 627. The first kappa shape index (κ1) is 15.1. The molecule has 1 saturated carbocycles.